The minimum Gasteiger partial charge on any atom is -0.334 e. The number of benzene rings is 1. The second-order valence-electron chi connectivity index (χ2n) is 8.10. The van der Waals surface area contributed by atoms with Gasteiger partial charge in [-0.05, 0) is 48.8 Å². The average molecular weight is 442 g/mol. The van der Waals surface area contributed by atoms with Crippen LogP contribution in [0.15, 0.2) is 51.7 Å². The van der Waals surface area contributed by atoms with Crippen LogP contribution in [0, 0.1) is 5.92 Å². The van der Waals surface area contributed by atoms with Gasteiger partial charge in [0.15, 0.2) is 5.16 Å². The average Bonchev–Trinajstić information content (AvgIpc) is 3.42. The van der Waals surface area contributed by atoms with Crippen molar-refractivity contribution in [3.05, 3.63) is 57.0 Å². The first-order chi connectivity index (χ1) is 14.5. The van der Waals surface area contributed by atoms with Crippen molar-refractivity contribution in [2.75, 3.05) is 12.3 Å². The number of hydrogen-bond acceptors (Lipinski definition) is 5. The summed E-state index contributed by atoms with van der Waals surface area (Å²) in [6, 6.07) is 11.8. The Balaban J connectivity index is 1.56. The predicted octanol–water partition coefficient (Wildman–Crippen LogP) is 4.96. The molecule has 0 bridgehead atoms. The fraction of sp³-hybridized carbons (Fsp3) is 0.435. The van der Waals surface area contributed by atoms with Gasteiger partial charge in [0.25, 0.3) is 5.56 Å². The quantitative estimate of drug-likeness (QED) is 0.384. The summed E-state index contributed by atoms with van der Waals surface area (Å²) in [6.45, 7) is 5.71. The number of para-hydroxylation sites is 1. The summed E-state index contributed by atoms with van der Waals surface area (Å²) in [6.07, 6.45) is 2.95. The number of thioether (sulfide) groups is 1. The van der Waals surface area contributed by atoms with E-state index in [1.807, 2.05) is 35.2 Å². The molecule has 30 heavy (non-hydrogen) atoms. The molecule has 1 unspecified atom stereocenters. The van der Waals surface area contributed by atoms with Gasteiger partial charge >= 0.3 is 0 Å². The summed E-state index contributed by atoms with van der Waals surface area (Å²) in [5.74, 6) is 0.904. The highest BCUT2D eigenvalue weighted by molar-refractivity contribution is 7.99. The lowest BCUT2D eigenvalue weighted by Crippen LogP contribution is -2.32. The minimum absolute atomic E-state index is 0.0196. The third-order valence-corrected chi connectivity index (χ3v) is 7.46. The molecule has 0 saturated carbocycles. The van der Waals surface area contributed by atoms with E-state index in [1.165, 1.54) is 16.6 Å². The molecule has 1 aliphatic heterocycles. The van der Waals surface area contributed by atoms with Crippen molar-refractivity contribution in [3.63, 3.8) is 0 Å². The Kier molecular flexibility index (Phi) is 6.58. The number of thiophene rings is 1. The molecule has 2 aromatic heterocycles. The molecular formula is C23H27N3O2S2. The number of hydrogen-bond donors (Lipinski definition) is 0. The van der Waals surface area contributed by atoms with Crippen LogP contribution in [0.3, 0.4) is 0 Å². The van der Waals surface area contributed by atoms with Gasteiger partial charge in [-0.25, -0.2) is 4.98 Å². The molecule has 5 nitrogen and oxygen atoms in total. The third-order valence-electron chi connectivity index (χ3n) is 5.53. The van der Waals surface area contributed by atoms with Crippen molar-refractivity contribution in [1.82, 2.24) is 14.5 Å². The topological polar surface area (TPSA) is 55.2 Å². The SMILES string of the molecule is CC(C)CCn1c(SCC(=O)N2CCCC2c2cccs2)nc2ccccc2c1=O. The monoisotopic (exact) mass is 441 g/mol. The summed E-state index contributed by atoms with van der Waals surface area (Å²) in [7, 11) is 0. The number of nitrogens with zero attached hydrogens (tertiary/aromatic N) is 3. The second kappa shape index (κ2) is 9.35. The molecule has 1 amide bonds. The van der Waals surface area contributed by atoms with Gasteiger partial charge in [0.2, 0.25) is 5.91 Å². The van der Waals surface area contributed by atoms with E-state index in [0.29, 0.717) is 34.3 Å². The molecular weight excluding hydrogens is 414 g/mol. The van der Waals surface area contributed by atoms with Crippen LogP contribution in [0.2, 0.25) is 0 Å². The number of aromatic nitrogens is 2. The summed E-state index contributed by atoms with van der Waals surface area (Å²) < 4.78 is 1.75. The lowest BCUT2D eigenvalue weighted by atomic mass is 10.1. The summed E-state index contributed by atoms with van der Waals surface area (Å²) in [4.78, 5) is 34.1. The van der Waals surface area contributed by atoms with Gasteiger partial charge in [-0.1, -0.05) is 43.8 Å². The summed E-state index contributed by atoms with van der Waals surface area (Å²) in [5.41, 5.74) is 0.671. The highest BCUT2D eigenvalue weighted by atomic mass is 32.2. The minimum atomic E-state index is -0.0196. The van der Waals surface area contributed by atoms with Gasteiger partial charge in [0.05, 0.1) is 22.7 Å². The first-order valence-corrected chi connectivity index (χ1v) is 12.4. The fourth-order valence-corrected chi connectivity index (χ4v) is 5.68. The Morgan fingerprint density at radius 3 is 2.87 bits per heavy atom. The van der Waals surface area contributed by atoms with E-state index in [-0.39, 0.29) is 17.5 Å². The number of carbonyl (C=O) groups is 1. The van der Waals surface area contributed by atoms with Gasteiger partial charge in [-0.3, -0.25) is 14.2 Å². The molecule has 1 aromatic carbocycles. The van der Waals surface area contributed by atoms with E-state index in [0.717, 1.165) is 25.8 Å². The molecule has 1 atom stereocenters. The molecule has 0 aliphatic carbocycles. The Bertz CT molecular complexity index is 1080. The first-order valence-electron chi connectivity index (χ1n) is 10.5. The van der Waals surface area contributed by atoms with Crippen LogP contribution in [-0.2, 0) is 11.3 Å². The Labute approximate surface area is 185 Å². The Morgan fingerprint density at radius 2 is 2.10 bits per heavy atom. The largest absolute Gasteiger partial charge is 0.334 e. The molecule has 158 valence electrons. The Morgan fingerprint density at radius 1 is 1.27 bits per heavy atom. The van der Waals surface area contributed by atoms with Crippen LogP contribution < -0.4 is 5.56 Å². The van der Waals surface area contributed by atoms with Crippen LogP contribution in [-0.4, -0.2) is 32.7 Å². The molecule has 3 aromatic rings. The fourth-order valence-electron chi connectivity index (χ4n) is 3.89. The lowest BCUT2D eigenvalue weighted by Gasteiger charge is -2.24. The third kappa shape index (κ3) is 4.47. The van der Waals surface area contributed by atoms with Gasteiger partial charge in [-0.2, -0.15) is 0 Å². The molecule has 0 spiro atoms. The zero-order valence-corrected chi connectivity index (χ0v) is 19.0. The van der Waals surface area contributed by atoms with E-state index in [9.17, 15) is 9.59 Å². The van der Waals surface area contributed by atoms with E-state index < -0.39 is 0 Å². The maximum atomic E-state index is 13.1. The lowest BCUT2D eigenvalue weighted by molar-refractivity contribution is -0.129. The summed E-state index contributed by atoms with van der Waals surface area (Å²) >= 11 is 3.10. The van der Waals surface area contributed by atoms with Crippen LogP contribution in [0.1, 0.15) is 44.0 Å². The molecule has 3 heterocycles. The number of carbonyl (C=O) groups excluding carboxylic acids is 1. The van der Waals surface area contributed by atoms with Crippen molar-refractivity contribution in [3.8, 4) is 0 Å². The highest BCUT2D eigenvalue weighted by Gasteiger charge is 2.30. The van der Waals surface area contributed by atoms with Crippen LogP contribution in [0.4, 0.5) is 0 Å². The van der Waals surface area contributed by atoms with Crippen molar-refractivity contribution >= 4 is 39.9 Å². The van der Waals surface area contributed by atoms with Crippen molar-refractivity contribution < 1.29 is 4.79 Å². The van der Waals surface area contributed by atoms with Gasteiger partial charge in [0, 0.05) is 18.0 Å². The number of rotatable bonds is 7. The highest BCUT2D eigenvalue weighted by Crippen LogP contribution is 2.35. The maximum Gasteiger partial charge on any atom is 0.262 e. The van der Waals surface area contributed by atoms with Gasteiger partial charge < -0.3 is 4.90 Å². The van der Waals surface area contributed by atoms with Crippen molar-refractivity contribution in [1.29, 1.82) is 0 Å². The maximum absolute atomic E-state index is 13.1. The van der Waals surface area contributed by atoms with Crippen molar-refractivity contribution in [2.24, 2.45) is 5.92 Å². The molecule has 7 heteroatoms. The Hall–Kier alpha value is -2.12. The summed E-state index contributed by atoms with van der Waals surface area (Å²) in [5, 5.41) is 3.34. The van der Waals surface area contributed by atoms with Crippen LogP contribution >= 0.6 is 23.1 Å². The molecule has 4 rings (SSSR count). The number of amides is 1. The number of likely N-dealkylation sites (tertiary alicyclic amines) is 1. The predicted molar refractivity (Wildman–Crippen MR) is 124 cm³/mol. The van der Waals surface area contributed by atoms with Crippen LogP contribution in [0.5, 0.6) is 0 Å². The molecule has 1 aliphatic rings. The normalized spacial score (nSPS) is 16.6. The smallest absolute Gasteiger partial charge is 0.262 e. The van der Waals surface area contributed by atoms with Gasteiger partial charge in [0.1, 0.15) is 0 Å². The van der Waals surface area contributed by atoms with E-state index in [1.54, 1.807) is 15.9 Å². The molecule has 1 saturated heterocycles. The molecule has 0 N–H and O–H groups in total. The first kappa shape index (κ1) is 21.1. The van der Waals surface area contributed by atoms with E-state index in [2.05, 4.69) is 25.3 Å². The zero-order valence-electron chi connectivity index (χ0n) is 17.4. The standard InChI is InChI=1S/C23H27N3O2S2/c1-16(2)11-13-26-22(28)17-7-3-4-8-18(17)24-23(26)30-15-21(27)25-12-5-9-19(25)20-10-6-14-29-20/h3-4,6-8,10,14,16,19H,5,9,11-13,15H2,1-2H3. The zero-order chi connectivity index (χ0) is 21.1. The number of fused-ring (bicyclic) bond motifs is 1. The van der Waals surface area contributed by atoms with E-state index in [4.69, 9.17) is 4.98 Å². The van der Waals surface area contributed by atoms with E-state index >= 15 is 0 Å². The second-order valence-corrected chi connectivity index (χ2v) is 10.0. The van der Waals surface area contributed by atoms with Crippen molar-refractivity contribution in [2.45, 2.75) is 50.9 Å². The molecule has 1 fully saturated rings. The molecule has 0 radical (unpaired) electrons. The van der Waals surface area contributed by atoms with Crippen LogP contribution in [0.25, 0.3) is 10.9 Å². The van der Waals surface area contributed by atoms with Gasteiger partial charge in [-0.15, -0.1) is 11.3 Å².